The van der Waals surface area contributed by atoms with Crippen molar-refractivity contribution in [2.24, 2.45) is 22.9 Å². The van der Waals surface area contributed by atoms with Crippen LogP contribution >= 0.6 is 0 Å². The molecule has 2 atom stereocenters. The van der Waals surface area contributed by atoms with Crippen molar-refractivity contribution in [2.45, 2.75) is 50.6 Å². The molecule has 0 rings (SSSR count). The van der Waals surface area contributed by atoms with Crippen LogP contribution in [0.3, 0.4) is 0 Å². The second kappa shape index (κ2) is 17.3. The molecule has 0 aliphatic rings. The molecule has 0 saturated carbocycles. The van der Waals surface area contributed by atoms with Crippen LogP contribution < -0.4 is 33.1 Å². The van der Waals surface area contributed by atoms with Gasteiger partial charge in [-0.1, -0.05) is 12.8 Å². The van der Waals surface area contributed by atoms with Gasteiger partial charge in [-0.2, -0.15) is 0 Å². The number of carbonyl (C=O) groups excluding carboxylic acids is 2. The number of carbonyl (C=O) groups is 2. The van der Waals surface area contributed by atoms with Crippen LogP contribution in [-0.2, 0) is 26.4 Å². The summed E-state index contributed by atoms with van der Waals surface area (Å²) in [6, 6.07) is -1.65. The van der Waals surface area contributed by atoms with E-state index in [4.69, 9.17) is 22.9 Å². The number of unbranched alkanes of at least 4 members (excludes halogenated alkanes) is 2. The molecule has 1 radical (unpaired) electrons. The van der Waals surface area contributed by atoms with Crippen molar-refractivity contribution in [1.82, 2.24) is 0 Å². The number of hydrogen-bond acceptors (Lipinski definition) is 8. The van der Waals surface area contributed by atoms with Gasteiger partial charge < -0.3 is 42.7 Å². The van der Waals surface area contributed by atoms with Crippen LogP contribution in [0.1, 0.15) is 38.5 Å². The van der Waals surface area contributed by atoms with Gasteiger partial charge in [0.05, 0.1) is 11.9 Å². The van der Waals surface area contributed by atoms with Crippen LogP contribution in [0.2, 0.25) is 0 Å². The quantitative estimate of drug-likeness (QED) is 0.291. The summed E-state index contributed by atoms with van der Waals surface area (Å²) in [5, 5.41) is 20.1. The van der Waals surface area contributed by atoms with Crippen LogP contribution in [-0.4, -0.2) is 37.1 Å². The van der Waals surface area contributed by atoms with Crippen molar-refractivity contribution >= 4 is 11.9 Å². The first-order valence-electron chi connectivity index (χ1n) is 6.69. The van der Waals surface area contributed by atoms with E-state index in [1.165, 1.54) is 0 Å². The minimum atomic E-state index is -1.18. The Morgan fingerprint density at radius 2 is 1.05 bits per heavy atom. The van der Waals surface area contributed by atoms with Crippen LogP contribution in [0.4, 0.5) is 0 Å². The van der Waals surface area contributed by atoms with E-state index in [1.807, 2.05) is 0 Å². The van der Waals surface area contributed by atoms with E-state index in [9.17, 15) is 19.8 Å². The third-order valence-electron chi connectivity index (χ3n) is 2.54. The zero-order chi connectivity index (χ0) is 16.0. The molecule has 8 nitrogen and oxygen atoms in total. The number of carboxylic acids is 2. The van der Waals surface area contributed by atoms with Crippen molar-refractivity contribution in [3.8, 4) is 0 Å². The Bertz CT molecular complexity index is 244. The Morgan fingerprint density at radius 1 is 0.762 bits per heavy atom. The minimum Gasteiger partial charge on any atom is -0.548 e. The van der Waals surface area contributed by atoms with Gasteiger partial charge >= 0.3 is 16.8 Å². The van der Waals surface area contributed by atoms with E-state index < -0.39 is 24.0 Å². The number of aliphatic carboxylic acids is 2. The molecule has 8 N–H and O–H groups in total. The number of rotatable bonds is 10. The summed E-state index contributed by atoms with van der Waals surface area (Å²) < 4.78 is 0. The molecule has 0 spiro atoms. The van der Waals surface area contributed by atoms with E-state index in [0.717, 1.165) is 25.7 Å². The first-order valence-corrected chi connectivity index (χ1v) is 6.69. The Kier molecular flexibility index (Phi) is 20.8. The first-order chi connectivity index (χ1) is 9.36. The van der Waals surface area contributed by atoms with Crippen molar-refractivity contribution in [1.29, 1.82) is 0 Å². The van der Waals surface area contributed by atoms with Crippen LogP contribution in [0.25, 0.3) is 0 Å². The van der Waals surface area contributed by atoms with Crippen LogP contribution in [0.5, 0.6) is 0 Å². The zero-order valence-corrected chi connectivity index (χ0v) is 13.1. The summed E-state index contributed by atoms with van der Waals surface area (Å²) in [6.07, 6.45) is 4.07. The molecule has 9 heteroatoms. The maximum Gasteiger partial charge on any atom is 2.00 e. The van der Waals surface area contributed by atoms with Crippen molar-refractivity contribution in [2.75, 3.05) is 13.1 Å². The Labute approximate surface area is 135 Å². The van der Waals surface area contributed by atoms with Gasteiger partial charge in [0.25, 0.3) is 0 Å². The molecule has 0 bridgehead atoms. The summed E-state index contributed by atoms with van der Waals surface area (Å²) in [7, 11) is 0. The van der Waals surface area contributed by atoms with Crippen molar-refractivity contribution < 1.29 is 36.6 Å². The molecule has 0 aliphatic heterocycles. The average Bonchev–Trinajstić information content (AvgIpc) is 2.39. The van der Waals surface area contributed by atoms with E-state index in [1.54, 1.807) is 0 Å². The predicted molar refractivity (Wildman–Crippen MR) is 71.8 cm³/mol. The van der Waals surface area contributed by atoms with Gasteiger partial charge in [-0.3, -0.25) is 0 Å². The summed E-state index contributed by atoms with van der Waals surface area (Å²) in [6.45, 7) is 1.17. The third-order valence-corrected chi connectivity index (χ3v) is 2.54. The zero-order valence-electron chi connectivity index (χ0n) is 12.1. The fourth-order valence-electron chi connectivity index (χ4n) is 1.25. The van der Waals surface area contributed by atoms with Crippen LogP contribution in [0.15, 0.2) is 0 Å². The summed E-state index contributed by atoms with van der Waals surface area (Å²) in [5.41, 5.74) is 20.7. The van der Waals surface area contributed by atoms with E-state index in [-0.39, 0.29) is 16.8 Å². The smallest absolute Gasteiger partial charge is 0.548 e. The number of carboxylic acid groups (broad SMARTS) is 2. The molecule has 0 amide bonds. The molecule has 0 fully saturated rings. The van der Waals surface area contributed by atoms with Crippen molar-refractivity contribution in [3.63, 3.8) is 0 Å². The topological polar surface area (TPSA) is 184 Å². The monoisotopic (exact) mass is 349 g/mol. The molecular formula is C12H26CoN4O4. The number of hydrogen-bond donors (Lipinski definition) is 4. The predicted octanol–water partition coefficient (Wildman–Crippen LogP) is -3.62. The molecule has 21 heavy (non-hydrogen) atoms. The maximum atomic E-state index is 10.0. The Hall–Kier alpha value is -0.714. The average molecular weight is 349 g/mol. The van der Waals surface area contributed by atoms with Gasteiger partial charge in [-0.25, -0.2) is 0 Å². The van der Waals surface area contributed by atoms with E-state index in [0.29, 0.717) is 25.9 Å². The molecular weight excluding hydrogens is 323 g/mol. The third kappa shape index (κ3) is 19.3. The van der Waals surface area contributed by atoms with E-state index >= 15 is 0 Å². The van der Waals surface area contributed by atoms with Gasteiger partial charge in [0.15, 0.2) is 0 Å². The summed E-state index contributed by atoms with van der Waals surface area (Å²) in [5.74, 6) is -2.37. The molecule has 0 aromatic carbocycles. The van der Waals surface area contributed by atoms with Gasteiger partial charge in [0.1, 0.15) is 0 Å². The molecule has 0 aliphatic carbocycles. The van der Waals surface area contributed by atoms with Gasteiger partial charge in [0, 0.05) is 12.1 Å². The maximum absolute atomic E-state index is 10.0. The second-order valence-electron chi connectivity index (χ2n) is 4.42. The molecule has 0 unspecified atom stereocenters. The fourth-order valence-corrected chi connectivity index (χ4v) is 1.25. The van der Waals surface area contributed by atoms with Gasteiger partial charge in [-0.05, 0) is 38.8 Å². The van der Waals surface area contributed by atoms with Crippen molar-refractivity contribution in [3.05, 3.63) is 0 Å². The fraction of sp³-hybridized carbons (Fsp3) is 0.833. The Morgan fingerprint density at radius 3 is 1.24 bits per heavy atom. The number of nitrogens with two attached hydrogens (primary N) is 4. The Balaban J connectivity index is -0.000000295. The molecule has 0 aromatic heterocycles. The second-order valence-corrected chi connectivity index (χ2v) is 4.42. The van der Waals surface area contributed by atoms with Gasteiger partial charge in [-0.15, -0.1) is 0 Å². The minimum absolute atomic E-state index is 0. The molecule has 127 valence electrons. The molecule has 0 saturated heterocycles. The first kappa shape index (κ1) is 25.3. The van der Waals surface area contributed by atoms with Gasteiger partial charge in [0.2, 0.25) is 0 Å². The standard InChI is InChI=1S/2C6H14N2O2.Co/c2*7-4-2-1-3-5(8)6(9)10;/h2*5H,1-4,7-8H2,(H,9,10);/q;;+2/p-2/t2*5-;/m00./s1. The summed E-state index contributed by atoms with van der Waals surface area (Å²) in [4.78, 5) is 20.1. The summed E-state index contributed by atoms with van der Waals surface area (Å²) >= 11 is 0. The molecule has 0 heterocycles. The van der Waals surface area contributed by atoms with E-state index in [2.05, 4.69) is 0 Å². The SMILES string of the molecule is NCCCC[C@H](N)C(=O)[O-].NCCCC[C@H](N)C(=O)[O-].[Co+2]. The van der Waals surface area contributed by atoms with Crippen LogP contribution in [0, 0.1) is 0 Å². The normalized spacial score (nSPS) is 12.4. The molecule has 0 aromatic rings. The largest absolute Gasteiger partial charge is 2.00 e.